The van der Waals surface area contributed by atoms with Crippen LogP contribution in [0.2, 0.25) is 0 Å². The second-order valence-corrected chi connectivity index (χ2v) is 5.06. The lowest BCUT2D eigenvalue weighted by atomic mass is 10.0. The number of nitrogens with one attached hydrogen (secondary N) is 1. The number of hydrogen-bond acceptors (Lipinski definition) is 3. The smallest absolute Gasteiger partial charge is 0.251 e. The predicted molar refractivity (Wildman–Crippen MR) is 66.9 cm³/mol. The maximum Gasteiger partial charge on any atom is 0.251 e. The molecule has 0 aliphatic carbocycles. The van der Waals surface area contributed by atoms with E-state index in [0.29, 0.717) is 6.04 Å². The zero-order chi connectivity index (χ0) is 12.1. The van der Waals surface area contributed by atoms with Gasteiger partial charge in [0.25, 0.3) is 5.91 Å². The number of likely N-dealkylation sites (tertiary alicyclic amines) is 1. The van der Waals surface area contributed by atoms with Gasteiger partial charge in [0.1, 0.15) is 6.10 Å². The largest absolute Gasteiger partial charge is 0.368 e. The maximum absolute atomic E-state index is 12.1. The van der Waals surface area contributed by atoms with Crippen LogP contribution in [0.25, 0.3) is 0 Å². The monoisotopic (exact) mass is 240 g/mol. The standard InChI is InChI=1S/C13H24N2O2/c1-2-7-14-11-5-8-15(9-6-11)13(16)12-4-3-10-17-12/h11-12,14H,2-10H2,1H3. The van der Waals surface area contributed by atoms with Crippen LogP contribution in [0.1, 0.15) is 39.0 Å². The van der Waals surface area contributed by atoms with Crippen molar-refractivity contribution in [2.75, 3.05) is 26.2 Å². The molecule has 0 aromatic heterocycles. The van der Waals surface area contributed by atoms with E-state index in [4.69, 9.17) is 4.74 Å². The summed E-state index contributed by atoms with van der Waals surface area (Å²) >= 11 is 0. The molecule has 0 aromatic carbocycles. The average molecular weight is 240 g/mol. The minimum atomic E-state index is -0.143. The summed E-state index contributed by atoms with van der Waals surface area (Å²) in [4.78, 5) is 14.1. The summed E-state index contributed by atoms with van der Waals surface area (Å²) in [7, 11) is 0. The quantitative estimate of drug-likeness (QED) is 0.801. The highest BCUT2D eigenvalue weighted by molar-refractivity contribution is 5.81. The van der Waals surface area contributed by atoms with E-state index in [9.17, 15) is 4.79 Å². The zero-order valence-electron chi connectivity index (χ0n) is 10.8. The molecule has 17 heavy (non-hydrogen) atoms. The van der Waals surface area contributed by atoms with Crippen LogP contribution in [0.3, 0.4) is 0 Å². The summed E-state index contributed by atoms with van der Waals surface area (Å²) in [6.07, 6.45) is 5.14. The van der Waals surface area contributed by atoms with Crippen molar-refractivity contribution in [2.24, 2.45) is 0 Å². The van der Waals surface area contributed by atoms with Gasteiger partial charge in [-0.15, -0.1) is 0 Å². The number of rotatable bonds is 4. The van der Waals surface area contributed by atoms with Crippen LogP contribution in [-0.4, -0.2) is 49.2 Å². The Kier molecular flexibility index (Phi) is 4.80. The van der Waals surface area contributed by atoms with Crippen LogP contribution < -0.4 is 5.32 Å². The normalized spacial score (nSPS) is 26.4. The van der Waals surface area contributed by atoms with E-state index in [2.05, 4.69) is 12.2 Å². The fourth-order valence-electron chi connectivity index (χ4n) is 2.63. The lowest BCUT2D eigenvalue weighted by molar-refractivity contribution is -0.142. The highest BCUT2D eigenvalue weighted by Gasteiger charge is 2.30. The van der Waals surface area contributed by atoms with Gasteiger partial charge in [0.15, 0.2) is 0 Å². The van der Waals surface area contributed by atoms with Crippen molar-refractivity contribution in [2.45, 2.75) is 51.2 Å². The average Bonchev–Trinajstić information content (AvgIpc) is 2.90. The number of amides is 1. The summed E-state index contributed by atoms with van der Waals surface area (Å²) < 4.78 is 5.45. The lowest BCUT2D eigenvalue weighted by Gasteiger charge is -2.33. The Morgan fingerprint density at radius 3 is 2.71 bits per heavy atom. The topological polar surface area (TPSA) is 41.6 Å². The number of piperidine rings is 1. The Hall–Kier alpha value is -0.610. The van der Waals surface area contributed by atoms with Crippen LogP contribution in [0.4, 0.5) is 0 Å². The molecule has 0 radical (unpaired) electrons. The Morgan fingerprint density at radius 1 is 1.35 bits per heavy atom. The van der Waals surface area contributed by atoms with Crippen molar-refractivity contribution in [3.8, 4) is 0 Å². The van der Waals surface area contributed by atoms with Crippen LogP contribution >= 0.6 is 0 Å². The second-order valence-electron chi connectivity index (χ2n) is 5.06. The fourth-order valence-corrected chi connectivity index (χ4v) is 2.63. The van der Waals surface area contributed by atoms with E-state index >= 15 is 0 Å². The first-order valence-electron chi connectivity index (χ1n) is 6.95. The molecule has 98 valence electrons. The Morgan fingerprint density at radius 2 is 2.12 bits per heavy atom. The number of ether oxygens (including phenoxy) is 1. The number of carbonyl (C=O) groups excluding carboxylic acids is 1. The predicted octanol–water partition coefficient (Wildman–Crippen LogP) is 1.16. The molecule has 2 heterocycles. The first-order valence-corrected chi connectivity index (χ1v) is 6.95. The SMILES string of the molecule is CCCNC1CCN(C(=O)C2CCCO2)CC1. The van der Waals surface area contributed by atoms with Crippen LogP contribution in [0.5, 0.6) is 0 Å². The molecule has 0 saturated carbocycles. The molecule has 2 aliphatic rings. The molecule has 1 atom stereocenters. The molecular weight excluding hydrogens is 216 g/mol. The van der Waals surface area contributed by atoms with Gasteiger partial charge in [-0.05, 0) is 38.6 Å². The van der Waals surface area contributed by atoms with E-state index in [-0.39, 0.29) is 12.0 Å². The number of carbonyl (C=O) groups is 1. The third-order valence-electron chi connectivity index (χ3n) is 3.69. The molecule has 4 heteroatoms. The van der Waals surface area contributed by atoms with Crippen molar-refractivity contribution in [3.63, 3.8) is 0 Å². The van der Waals surface area contributed by atoms with Gasteiger partial charge >= 0.3 is 0 Å². The molecule has 2 aliphatic heterocycles. The van der Waals surface area contributed by atoms with E-state index in [1.165, 1.54) is 6.42 Å². The van der Waals surface area contributed by atoms with Crippen molar-refractivity contribution in [3.05, 3.63) is 0 Å². The van der Waals surface area contributed by atoms with Gasteiger partial charge in [0.05, 0.1) is 0 Å². The molecule has 4 nitrogen and oxygen atoms in total. The molecule has 0 aromatic rings. The second kappa shape index (κ2) is 6.36. The van der Waals surface area contributed by atoms with Crippen molar-refractivity contribution in [1.82, 2.24) is 10.2 Å². The fraction of sp³-hybridized carbons (Fsp3) is 0.923. The first kappa shape index (κ1) is 12.8. The zero-order valence-corrected chi connectivity index (χ0v) is 10.8. The summed E-state index contributed by atoms with van der Waals surface area (Å²) in [6, 6.07) is 0.600. The Balaban J connectivity index is 1.72. The highest BCUT2D eigenvalue weighted by Crippen LogP contribution is 2.18. The number of hydrogen-bond donors (Lipinski definition) is 1. The van der Waals surface area contributed by atoms with Gasteiger partial charge < -0.3 is 15.0 Å². The van der Waals surface area contributed by atoms with Gasteiger partial charge in [-0.3, -0.25) is 4.79 Å². The molecule has 2 saturated heterocycles. The molecule has 1 amide bonds. The van der Waals surface area contributed by atoms with Gasteiger partial charge in [-0.25, -0.2) is 0 Å². The molecule has 0 spiro atoms. The minimum absolute atomic E-state index is 0.143. The maximum atomic E-state index is 12.1. The van der Waals surface area contributed by atoms with Crippen molar-refractivity contribution in [1.29, 1.82) is 0 Å². The third kappa shape index (κ3) is 3.42. The van der Waals surface area contributed by atoms with Crippen LogP contribution in [0.15, 0.2) is 0 Å². The first-order chi connectivity index (χ1) is 8.31. The van der Waals surface area contributed by atoms with E-state index in [0.717, 1.165) is 51.9 Å². The Bertz CT molecular complexity index is 244. The van der Waals surface area contributed by atoms with Gasteiger partial charge in [-0.1, -0.05) is 6.92 Å². The van der Waals surface area contributed by atoms with Gasteiger partial charge in [-0.2, -0.15) is 0 Å². The Labute approximate surface area is 104 Å². The molecular formula is C13H24N2O2. The molecule has 1 unspecified atom stereocenters. The highest BCUT2D eigenvalue weighted by atomic mass is 16.5. The minimum Gasteiger partial charge on any atom is -0.368 e. The molecule has 1 N–H and O–H groups in total. The molecule has 2 fully saturated rings. The summed E-state index contributed by atoms with van der Waals surface area (Å²) in [6.45, 7) is 5.80. The molecule has 0 bridgehead atoms. The van der Waals surface area contributed by atoms with Crippen molar-refractivity contribution < 1.29 is 9.53 Å². The summed E-state index contributed by atoms with van der Waals surface area (Å²) in [5.74, 6) is 0.219. The van der Waals surface area contributed by atoms with Gasteiger partial charge in [0.2, 0.25) is 0 Å². The van der Waals surface area contributed by atoms with E-state index < -0.39 is 0 Å². The summed E-state index contributed by atoms with van der Waals surface area (Å²) in [5, 5.41) is 3.53. The van der Waals surface area contributed by atoms with Gasteiger partial charge in [0, 0.05) is 25.7 Å². The number of nitrogens with zero attached hydrogens (tertiary/aromatic N) is 1. The summed E-state index contributed by atoms with van der Waals surface area (Å²) in [5.41, 5.74) is 0. The lowest BCUT2D eigenvalue weighted by Crippen LogP contribution is -2.48. The van der Waals surface area contributed by atoms with Crippen LogP contribution in [-0.2, 0) is 9.53 Å². The molecule has 2 rings (SSSR count). The third-order valence-corrected chi connectivity index (χ3v) is 3.69. The van der Waals surface area contributed by atoms with E-state index in [1.807, 2.05) is 4.90 Å². The van der Waals surface area contributed by atoms with Crippen molar-refractivity contribution >= 4 is 5.91 Å². The van der Waals surface area contributed by atoms with E-state index in [1.54, 1.807) is 0 Å². The van der Waals surface area contributed by atoms with Crippen LogP contribution in [0, 0.1) is 0 Å².